The lowest BCUT2D eigenvalue weighted by molar-refractivity contribution is -0.162. The summed E-state index contributed by atoms with van der Waals surface area (Å²) < 4.78 is 6.37. The zero-order valence-electron chi connectivity index (χ0n) is 14.3. The minimum atomic E-state index is -1.47. The second-order valence-electron chi connectivity index (χ2n) is 7.26. The van der Waals surface area contributed by atoms with Crippen LogP contribution in [0.5, 0.6) is 0 Å². The highest BCUT2D eigenvalue weighted by Gasteiger charge is 2.51. The Morgan fingerprint density at radius 3 is 2.62 bits per heavy atom. The molecule has 1 saturated carbocycles. The van der Waals surface area contributed by atoms with Gasteiger partial charge in [-0.2, -0.15) is 5.26 Å². The van der Waals surface area contributed by atoms with Gasteiger partial charge in [0.25, 0.3) is 0 Å². The molecule has 4 nitrogen and oxygen atoms in total. The molecule has 0 aliphatic heterocycles. The number of rotatable bonds is 3. The lowest BCUT2D eigenvalue weighted by Crippen LogP contribution is -2.47. The zero-order chi connectivity index (χ0) is 18.0. The van der Waals surface area contributed by atoms with Gasteiger partial charge in [-0.1, -0.05) is 28.1 Å². The number of halogens is 1. The van der Waals surface area contributed by atoms with Crippen molar-refractivity contribution in [3.8, 4) is 6.07 Å². The van der Waals surface area contributed by atoms with Crippen molar-refractivity contribution in [1.29, 1.82) is 5.26 Å². The van der Waals surface area contributed by atoms with Crippen molar-refractivity contribution in [2.45, 2.75) is 57.5 Å². The molecule has 2 atom stereocenters. The van der Waals surface area contributed by atoms with Crippen molar-refractivity contribution in [2.24, 2.45) is 5.92 Å². The molecule has 0 aromatic heterocycles. The van der Waals surface area contributed by atoms with E-state index in [1.54, 1.807) is 39.0 Å². The van der Waals surface area contributed by atoms with Crippen molar-refractivity contribution >= 4 is 27.7 Å². The molecule has 2 unspecified atom stereocenters. The molecule has 1 aromatic rings. The van der Waals surface area contributed by atoms with E-state index in [0.717, 1.165) is 4.47 Å². The van der Waals surface area contributed by atoms with Gasteiger partial charge in [0.2, 0.25) is 0 Å². The SMILES string of the molecule is CC(C)(C)OC(=O)C(C#N)(c1cccc(Br)c1)C1CCCC(=O)C1. The lowest BCUT2D eigenvalue weighted by atomic mass is 9.65. The maximum absolute atomic E-state index is 13.1. The van der Waals surface area contributed by atoms with E-state index in [1.807, 2.05) is 6.07 Å². The molecule has 1 aromatic carbocycles. The summed E-state index contributed by atoms with van der Waals surface area (Å²) in [6.07, 6.45) is 2.11. The number of nitrogens with zero attached hydrogens (tertiary/aromatic N) is 1. The topological polar surface area (TPSA) is 67.2 Å². The Labute approximate surface area is 151 Å². The number of esters is 1. The average molecular weight is 392 g/mol. The minimum absolute atomic E-state index is 0.101. The number of carbonyl (C=O) groups excluding carboxylic acids is 2. The predicted octanol–water partition coefficient (Wildman–Crippen LogP) is 4.31. The van der Waals surface area contributed by atoms with E-state index in [2.05, 4.69) is 22.0 Å². The highest BCUT2D eigenvalue weighted by Crippen LogP contribution is 2.42. The molecule has 0 saturated heterocycles. The minimum Gasteiger partial charge on any atom is -0.459 e. The highest BCUT2D eigenvalue weighted by molar-refractivity contribution is 9.10. The van der Waals surface area contributed by atoms with E-state index in [-0.39, 0.29) is 18.1 Å². The smallest absolute Gasteiger partial charge is 0.331 e. The van der Waals surface area contributed by atoms with Crippen LogP contribution in [0.2, 0.25) is 0 Å². The summed E-state index contributed by atoms with van der Waals surface area (Å²) in [7, 11) is 0. The van der Waals surface area contributed by atoms with Gasteiger partial charge in [-0.05, 0) is 57.2 Å². The number of ketones is 1. The van der Waals surface area contributed by atoms with Gasteiger partial charge in [0.05, 0.1) is 6.07 Å². The van der Waals surface area contributed by atoms with Crippen LogP contribution in [0.4, 0.5) is 0 Å². The molecule has 0 spiro atoms. The Hall–Kier alpha value is -1.67. The first kappa shape index (κ1) is 18.7. The van der Waals surface area contributed by atoms with Crippen LogP contribution in [-0.2, 0) is 19.7 Å². The van der Waals surface area contributed by atoms with Gasteiger partial charge in [0.1, 0.15) is 11.4 Å². The maximum Gasteiger partial charge on any atom is 0.331 e. The number of benzene rings is 1. The van der Waals surface area contributed by atoms with Crippen molar-refractivity contribution < 1.29 is 14.3 Å². The fourth-order valence-electron chi connectivity index (χ4n) is 3.21. The summed E-state index contributed by atoms with van der Waals surface area (Å²) in [4.78, 5) is 25.0. The van der Waals surface area contributed by atoms with Gasteiger partial charge in [-0.15, -0.1) is 0 Å². The molecule has 1 aliphatic rings. The van der Waals surface area contributed by atoms with Crippen molar-refractivity contribution in [2.75, 3.05) is 0 Å². The summed E-state index contributed by atoms with van der Waals surface area (Å²) in [5.41, 5.74) is -1.59. The normalized spacial score (nSPS) is 20.8. The first-order valence-electron chi connectivity index (χ1n) is 8.11. The van der Waals surface area contributed by atoms with E-state index in [1.165, 1.54) is 0 Å². The third kappa shape index (κ3) is 3.87. The number of Topliss-reactive ketones (excluding diaryl/α,β-unsaturated/α-hetero) is 1. The zero-order valence-corrected chi connectivity index (χ0v) is 15.9. The number of carbonyl (C=O) groups is 2. The molecule has 5 heteroatoms. The molecule has 0 radical (unpaired) electrons. The van der Waals surface area contributed by atoms with Gasteiger partial charge in [-0.25, -0.2) is 4.79 Å². The molecular weight excluding hydrogens is 370 g/mol. The van der Waals surface area contributed by atoms with E-state index < -0.39 is 17.0 Å². The van der Waals surface area contributed by atoms with Crippen LogP contribution in [0, 0.1) is 17.2 Å². The maximum atomic E-state index is 13.1. The lowest BCUT2D eigenvalue weighted by Gasteiger charge is -2.37. The number of nitriles is 1. The van der Waals surface area contributed by atoms with E-state index in [4.69, 9.17) is 4.74 Å². The predicted molar refractivity (Wildman–Crippen MR) is 94.2 cm³/mol. The Balaban J connectivity index is 2.56. The molecule has 0 heterocycles. The van der Waals surface area contributed by atoms with Crippen molar-refractivity contribution in [3.63, 3.8) is 0 Å². The van der Waals surface area contributed by atoms with Gasteiger partial charge < -0.3 is 4.74 Å². The number of hydrogen-bond acceptors (Lipinski definition) is 4. The van der Waals surface area contributed by atoms with Crippen LogP contribution in [0.25, 0.3) is 0 Å². The molecule has 2 rings (SSSR count). The fraction of sp³-hybridized carbons (Fsp3) is 0.526. The van der Waals surface area contributed by atoms with Crippen LogP contribution in [0.15, 0.2) is 28.7 Å². The number of hydrogen-bond donors (Lipinski definition) is 0. The van der Waals surface area contributed by atoms with Gasteiger partial charge in [0.15, 0.2) is 5.41 Å². The summed E-state index contributed by atoms with van der Waals surface area (Å²) in [5, 5.41) is 10.0. The average Bonchev–Trinajstić information content (AvgIpc) is 2.47. The first-order chi connectivity index (χ1) is 11.2. The summed E-state index contributed by atoms with van der Waals surface area (Å²) in [5.74, 6) is -0.840. The van der Waals surface area contributed by atoms with Crippen LogP contribution < -0.4 is 0 Å². The van der Waals surface area contributed by atoms with Gasteiger partial charge >= 0.3 is 5.97 Å². The van der Waals surface area contributed by atoms with Crippen molar-refractivity contribution in [3.05, 3.63) is 34.3 Å². The molecule has 0 bridgehead atoms. The second kappa shape index (κ2) is 7.06. The quantitative estimate of drug-likeness (QED) is 0.719. The molecule has 0 N–H and O–H groups in total. The van der Waals surface area contributed by atoms with Crippen LogP contribution in [0.1, 0.15) is 52.0 Å². The number of ether oxygens (including phenoxy) is 1. The first-order valence-corrected chi connectivity index (χ1v) is 8.91. The van der Waals surface area contributed by atoms with E-state index in [9.17, 15) is 14.9 Å². The molecular formula is C19H22BrNO3. The van der Waals surface area contributed by atoms with Crippen LogP contribution >= 0.6 is 15.9 Å². The Morgan fingerprint density at radius 1 is 1.38 bits per heavy atom. The third-order valence-corrected chi connectivity index (χ3v) is 4.77. The fourth-order valence-corrected chi connectivity index (χ4v) is 3.61. The molecule has 24 heavy (non-hydrogen) atoms. The second-order valence-corrected chi connectivity index (χ2v) is 8.18. The highest BCUT2D eigenvalue weighted by atomic mass is 79.9. The van der Waals surface area contributed by atoms with E-state index >= 15 is 0 Å². The molecule has 128 valence electrons. The third-order valence-electron chi connectivity index (χ3n) is 4.27. The molecule has 0 amide bonds. The van der Waals surface area contributed by atoms with E-state index in [0.29, 0.717) is 24.8 Å². The Morgan fingerprint density at radius 2 is 2.08 bits per heavy atom. The molecule has 1 fully saturated rings. The van der Waals surface area contributed by atoms with Crippen LogP contribution in [-0.4, -0.2) is 17.4 Å². The van der Waals surface area contributed by atoms with Gasteiger partial charge in [0, 0.05) is 17.3 Å². The largest absolute Gasteiger partial charge is 0.459 e. The summed E-state index contributed by atoms with van der Waals surface area (Å²) in [6, 6.07) is 9.39. The van der Waals surface area contributed by atoms with Crippen LogP contribution in [0.3, 0.4) is 0 Å². The summed E-state index contributed by atoms with van der Waals surface area (Å²) >= 11 is 3.40. The van der Waals surface area contributed by atoms with Gasteiger partial charge in [-0.3, -0.25) is 4.79 Å². The monoisotopic (exact) mass is 391 g/mol. The Kier molecular flexibility index (Phi) is 5.49. The summed E-state index contributed by atoms with van der Waals surface area (Å²) in [6.45, 7) is 5.33. The van der Waals surface area contributed by atoms with Crippen molar-refractivity contribution in [1.82, 2.24) is 0 Å². The Bertz CT molecular complexity index is 687. The standard InChI is InChI=1S/C19H22BrNO3/c1-18(2,3)24-17(23)19(12-21,13-6-4-8-15(20)10-13)14-7-5-9-16(22)11-14/h4,6,8,10,14H,5,7,9,11H2,1-3H3. The molecule has 1 aliphatic carbocycles.